The first-order valence-electron chi connectivity index (χ1n) is 3.00. The van der Waals surface area contributed by atoms with Crippen LogP contribution in [0.2, 0.25) is 0 Å². The molecule has 0 amide bonds. The van der Waals surface area contributed by atoms with Crippen molar-refractivity contribution in [2.45, 2.75) is 13.8 Å². The third-order valence-electron chi connectivity index (χ3n) is 1.19. The Balaban J connectivity index is 3.98. The summed E-state index contributed by atoms with van der Waals surface area (Å²) in [5, 5.41) is 0. The van der Waals surface area contributed by atoms with E-state index in [1.165, 1.54) is 11.1 Å². The summed E-state index contributed by atoms with van der Waals surface area (Å²) < 4.78 is 5.07. The highest BCUT2D eigenvalue weighted by Crippen LogP contribution is 2.02. The molecule has 0 radical (unpaired) electrons. The number of rotatable bonds is 3. The second-order valence-electron chi connectivity index (χ2n) is 2.16. The highest BCUT2D eigenvalue weighted by atomic mass is 28.2. The summed E-state index contributed by atoms with van der Waals surface area (Å²) in [6.07, 6.45) is 1.85. The maximum absolute atomic E-state index is 5.07. The van der Waals surface area contributed by atoms with Crippen LogP contribution in [-0.4, -0.2) is 17.1 Å². The third-order valence-corrected chi connectivity index (χ3v) is 1.48. The quantitative estimate of drug-likeness (QED) is 0.418. The maximum atomic E-state index is 5.07. The first-order chi connectivity index (χ1) is 4.22. The lowest BCUT2D eigenvalue weighted by molar-refractivity contribution is 0.391. The molecule has 9 heavy (non-hydrogen) atoms. The van der Waals surface area contributed by atoms with Crippen LogP contribution in [0.15, 0.2) is 23.8 Å². The van der Waals surface area contributed by atoms with Gasteiger partial charge in [0, 0.05) is 0 Å². The van der Waals surface area contributed by atoms with Crippen LogP contribution in [0.3, 0.4) is 0 Å². The average Bonchev–Trinajstić information content (AvgIpc) is 1.82. The standard InChI is InChI=1S/C7H14OSi/c1-4-7(5-8-9)6(2)3/h4H,1,5H2,2-3,9H3. The Morgan fingerprint density at radius 3 is 2.33 bits per heavy atom. The molecule has 0 atom stereocenters. The van der Waals surface area contributed by atoms with Crippen LogP contribution >= 0.6 is 0 Å². The van der Waals surface area contributed by atoms with Gasteiger partial charge in [0.1, 0.15) is 10.5 Å². The molecule has 0 N–H and O–H groups in total. The lowest BCUT2D eigenvalue weighted by Gasteiger charge is -2.01. The van der Waals surface area contributed by atoms with Crippen molar-refractivity contribution in [3.63, 3.8) is 0 Å². The van der Waals surface area contributed by atoms with Crippen LogP contribution in [0.5, 0.6) is 0 Å². The lowest BCUT2D eigenvalue weighted by atomic mass is 10.2. The van der Waals surface area contributed by atoms with Crippen molar-refractivity contribution in [1.29, 1.82) is 0 Å². The van der Waals surface area contributed by atoms with Crippen LogP contribution in [0.1, 0.15) is 13.8 Å². The van der Waals surface area contributed by atoms with Gasteiger partial charge in [0.05, 0.1) is 6.61 Å². The Morgan fingerprint density at radius 2 is 2.22 bits per heavy atom. The van der Waals surface area contributed by atoms with E-state index in [9.17, 15) is 0 Å². The fourth-order valence-electron chi connectivity index (χ4n) is 0.563. The van der Waals surface area contributed by atoms with Crippen LogP contribution < -0.4 is 0 Å². The fraction of sp³-hybridized carbons (Fsp3) is 0.429. The van der Waals surface area contributed by atoms with Crippen molar-refractivity contribution in [2.24, 2.45) is 0 Å². The second-order valence-corrected chi connectivity index (χ2v) is 2.74. The highest BCUT2D eigenvalue weighted by molar-refractivity contribution is 5.98. The Hall–Kier alpha value is -0.343. The first kappa shape index (κ1) is 8.66. The summed E-state index contributed by atoms with van der Waals surface area (Å²) in [4.78, 5) is 0. The number of hydrogen-bond acceptors (Lipinski definition) is 1. The minimum Gasteiger partial charge on any atom is -0.424 e. The van der Waals surface area contributed by atoms with E-state index in [2.05, 4.69) is 20.4 Å². The smallest absolute Gasteiger partial charge is 0.146 e. The summed E-state index contributed by atoms with van der Waals surface area (Å²) in [6, 6.07) is 0. The molecule has 0 bridgehead atoms. The van der Waals surface area contributed by atoms with Crippen LogP contribution in [0.4, 0.5) is 0 Å². The molecule has 0 fully saturated rings. The predicted octanol–water partition coefficient (Wildman–Crippen LogP) is 0.806. The van der Waals surface area contributed by atoms with Crippen LogP contribution in [0.25, 0.3) is 0 Å². The van der Waals surface area contributed by atoms with Gasteiger partial charge in [0.15, 0.2) is 0 Å². The Kier molecular flexibility index (Phi) is 4.36. The molecule has 0 aromatic rings. The van der Waals surface area contributed by atoms with E-state index in [1.54, 1.807) is 0 Å². The van der Waals surface area contributed by atoms with Crippen molar-refractivity contribution in [3.05, 3.63) is 23.8 Å². The molecule has 1 nitrogen and oxygen atoms in total. The zero-order chi connectivity index (χ0) is 7.28. The molecule has 0 heterocycles. The normalized spacial score (nSPS) is 9.11. The summed E-state index contributed by atoms with van der Waals surface area (Å²) in [5.41, 5.74) is 2.51. The van der Waals surface area contributed by atoms with Gasteiger partial charge >= 0.3 is 0 Å². The minimum atomic E-state index is 0.734. The van der Waals surface area contributed by atoms with Gasteiger partial charge in [-0.3, -0.25) is 0 Å². The zero-order valence-corrected chi connectivity index (χ0v) is 8.40. The number of allylic oxidation sites excluding steroid dienone is 1. The zero-order valence-electron chi connectivity index (χ0n) is 6.40. The van der Waals surface area contributed by atoms with Gasteiger partial charge in [-0.2, -0.15) is 0 Å². The summed E-state index contributed by atoms with van der Waals surface area (Å²) >= 11 is 0. The van der Waals surface area contributed by atoms with Gasteiger partial charge < -0.3 is 4.43 Å². The van der Waals surface area contributed by atoms with E-state index < -0.39 is 0 Å². The molecule has 0 aliphatic carbocycles. The average molecular weight is 142 g/mol. The number of hydrogen-bond donors (Lipinski definition) is 0. The molecular formula is C7H14OSi. The van der Waals surface area contributed by atoms with E-state index in [0.29, 0.717) is 0 Å². The Labute approximate surface area is 60.0 Å². The van der Waals surface area contributed by atoms with Crippen LogP contribution in [-0.2, 0) is 4.43 Å². The molecule has 52 valence electrons. The van der Waals surface area contributed by atoms with E-state index in [0.717, 1.165) is 17.1 Å². The molecule has 0 aliphatic heterocycles. The summed E-state index contributed by atoms with van der Waals surface area (Å²) in [7, 11) is 0.805. The molecule has 0 aromatic carbocycles. The molecule has 0 saturated heterocycles. The maximum Gasteiger partial charge on any atom is 0.146 e. The Bertz CT molecular complexity index is 123. The molecular weight excluding hydrogens is 128 g/mol. The first-order valence-corrected chi connectivity index (χ1v) is 3.81. The van der Waals surface area contributed by atoms with Gasteiger partial charge in [0.25, 0.3) is 0 Å². The van der Waals surface area contributed by atoms with Crippen molar-refractivity contribution >= 4 is 10.5 Å². The van der Waals surface area contributed by atoms with E-state index in [4.69, 9.17) is 4.43 Å². The van der Waals surface area contributed by atoms with Crippen molar-refractivity contribution < 1.29 is 4.43 Å². The minimum absolute atomic E-state index is 0.734. The second kappa shape index (κ2) is 4.53. The van der Waals surface area contributed by atoms with Gasteiger partial charge in [0.2, 0.25) is 0 Å². The fourth-order valence-corrected chi connectivity index (χ4v) is 0.874. The molecule has 0 spiro atoms. The van der Waals surface area contributed by atoms with Crippen molar-refractivity contribution in [3.8, 4) is 0 Å². The van der Waals surface area contributed by atoms with E-state index in [-0.39, 0.29) is 0 Å². The Morgan fingerprint density at radius 1 is 1.67 bits per heavy atom. The van der Waals surface area contributed by atoms with Crippen molar-refractivity contribution in [1.82, 2.24) is 0 Å². The van der Waals surface area contributed by atoms with E-state index >= 15 is 0 Å². The molecule has 2 heteroatoms. The van der Waals surface area contributed by atoms with Gasteiger partial charge in [-0.05, 0) is 19.4 Å². The molecule has 0 aromatic heterocycles. The topological polar surface area (TPSA) is 9.23 Å². The lowest BCUT2D eigenvalue weighted by Crippen LogP contribution is -1.93. The largest absolute Gasteiger partial charge is 0.424 e. The van der Waals surface area contributed by atoms with Crippen molar-refractivity contribution in [2.75, 3.05) is 6.61 Å². The van der Waals surface area contributed by atoms with Gasteiger partial charge in [-0.25, -0.2) is 0 Å². The molecule has 0 saturated carbocycles. The molecule has 0 rings (SSSR count). The molecule has 0 unspecified atom stereocenters. The summed E-state index contributed by atoms with van der Waals surface area (Å²) in [6.45, 7) is 8.55. The summed E-state index contributed by atoms with van der Waals surface area (Å²) in [5.74, 6) is 0. The SMILES string of the molecule is C=CC(CO[SiH3])=C(C)C. The van der Waals surface area contributed by atoms with E-state index in [1.807, 2.05) is 6.08 Å². The predicted molar refractivity (Wildman–Crippen MR) is 44.5 cm³/mol. The monoisotopic (exact) mass is 142 g/mol. The highest BCUT2D eigenvalue weighted by Gasteiger charge is 1.90. The van der Waals surface area contributed by atoms with Gasteiger partial charge in [-0.1, -0.05) is 18.2 Å². The molecule has 0 aliphatic rings. The van der Waals surface area contributed by atoms with Crippen LogP contribution in [0, 0.1) is 0 Å². The third kappa shape index (κ3) is 3.27. The van der Waals surface area contributed by atoms with Gasteiger partial charge in [-0.15, -0.1) is 0 Å².